The average molecular weight is 499 g/mol. The molecule has 33 heavy (non-hydrogen) atoms. The van der Waals surface area contributed by atoms with Crippen LogP contribution in [-0.2, 0) is 0 Å². The van der Waals surface area contributed by atoms with Gasteiger partial charge in [0.25, 0.3) is 5.91 Å². The van der Waals surface area contributed by atoms with Gasteiger partial charge in [-0.05, 0) is 56.3 Å². The third-order valence-corrected chi connectivity index (χ3v) is 5.74. The van der Waals surface area contributed by atoms with Crippen molar-refractivity contribution in [2.24, 2.45) is 5.73 Å². The van der Waals surface area contributed by atoms with Crippen molar-refractivity contribution in [3.05, 3.63) is 53.1 Å². The van der Waals surface area contributed by atoms with Gasteiger partial charge >= 0.3 is 0 Å². The Bertz CT molecular complexity index is 905. The summed E-state index contributed by atoms with van der Waals surface area (Å²) in [6.07, 6.45) is 0. The Morgan fingerprint density at radius 2 is 1.79 bits per heavy atom. The predicted molar refractivity (Wildman–Crippen MR) is 139 cm³/mol. The molecule has 9 heteroatoms. The fourth-order valence-corrected chi connectivity index (χ4v) is 3.72. The maximum Gasteiger partial charge on any atom is 0.252 e. The molecule has 2 aromatic rings. The molecule has 1 atom stereocenters. The molecule has 3 N–H and O–H groups in total. The molecule has 184 valence electrons. The summed E-state index contributed by atoms with van der Waals surface area (Å²) in [5.74, 6) is 1.19. The summed E-state index contributed by atoms with van der Waals surface area (Å²) in [7, 11) is 3.74. The zero-order valence-corrected chi connectivity index (χ0v) is 21.4. The Labute approximate surface area is 209 Å². The van der Waals surface area contributed by atoms with Crippen LogP contribution >= 0.6 is 24.8 Å². The van der Waals surface area contributed by atoms with Gasteiger partial charge in [0, 0.05) is 44.0 Å². The average Bonchev–Trinajstić information content (AvgIpc) is 2.78. The number of carbonyl (C=O) groups excluding carboxylic acids is 1. The van der Waals surface area contributed by atoms with E-state index in [1.807, 2.05) is 44.2 Å². The highest BCUT2D eigenvalue weighted by atomic mass is 35.5. The topological polar surface area (TPSA) is 80.1 Å². The van der Waals surface area contributed by atoms with Gasteiger partial charge in [-0.15, -0.1) is 24.8 Å². The van der Waals surface area contributed by atoms with Crippen LogP contribution in [0.2, 0.25) is 0 Å². The monoisotopic (exact) mass is 498 g/mol. The van der Waals surface area contributed by atoms with Crippen LogP contribution in [0.4, 0.5) is 5.69 Å². The van der Waals surface area contributed by atoms with Crippen LogP contribution in [-0.4, -0.2) is 64.3 Å². The first-order valence-electron chi connectivity index (χ1n) is 10.8. The molecule has 1 aliphatic rings. The quantitative estimate of drug-likeness (QED) is 0.580. The Kier molecular flexibility index (Phi) is 11.8. The molecule has 0 aliphatic carbocycles. The summed E-state index contributed by atoms with van der Waals surface area (Å²) in [6, 6.07) is 11.6. The second-order valence-corrected chi connectivity index (χ2v) is 8.03. The maximum atomic E-state index is 13.1. The normalized spacial score (nSPS) is 14.5. The van der Waals surface area contributed by atoms with E-state index >= 15 is 0 Å². The molecule has 3 rings (SSSR count). The lowest BCUT2D eigenvalue weighted by Crippen LogP contribution is -2.44. The molecule has 1 aliphatic heterocycles. The van der Waals surface area contributed by atoms with E-state index < -0.39 is 0 Å². The third-order valence-electron chi connectivity index (χ3n) is 5.74. The number of anilines is 1. The SMILES string of the molecule is COc1ccc([C@@H](C)NC(=O)c2cc(N3CCN(C)CC3)ccc2C)cc1OCCN.Cl.Cl. The highest BCUT2D eigenvalue weighted by Gasteiger charge is 2.19. The summed E-state index contributed by atoms with van der Waals surface area (Å²) in [6.45, 7) is 8.74. The van der Waals surface area contributed by atoms with E-state index in [2.05, 4.69) is 28.2 Å². The molecule has 0 spiro atoms. The number of likely N-dealkylation sites (N-methyl/N-ethyl adjacent to an activating group) is 1. The van der Waals surface area contributed by atoms with Crippen molar-refractivity contribution in [3.8, 4) is 11.5 Å². The molecule has 0 radical (unpaired) electrons. The first-order valence-corrected chi connectivity index (χ1v) is 10.8. The van der Waals surface area contributed by atoms with Crippen LogP contribution in [0.3, 0.4) is 0 Å². The van der Waals surface area contributed by atoms with Gasteiger partial charge in [-0.2, -0.15) is 0 Å². The lowest BCUT2D eigenvalue weighted by molar-refractivity contribution is 0.0939. The fraction of sp³-hybridized carbons (Fsp3) is 0.458. The van der Waals surface area contributed by atoms with E-state index in [1.54, 1.807) is 7.11 Å². The number of nitrogens with zero attached hydrogens (tertiary/aromatic N) is 2. The van der Waals surface area contributed by atoms with Gasteiger partial charge < -0.3 is 30.3 Å². The number of amides is 1. The molecule has 1 saturated heterocycles. The number of hydrogen-bond acceptors (Lipinski definition) is 6. The number of piperazine rings is 1. The van der Waals surface area contributed by atoms with Gasteiger partial charge in [0.1, 0.15) is 6.61 Å². The largest absolute Gasteiger partial charge is 0.493 e. The first kappa shape index (κ1) is 28.8. The number of nitrogens with two attached hydrogens (primary N) is 1. The van der Waals surface area contributed by atoms with E-state index in [9.17, 15) is 4.79 Å². The number of rotatable bonds is 8. The Morgan fingerprint density at radius 1 is 1.09 bits per heavy atom. The van der Waals surface area contributed by atoms with Gasteiger partial charge in [0.2, 0.25) is 0 Å². The molecule has 2 aromatic carbocycles. The summed E-state index contributed by atoms with van der Waals surface area (Å²) in [5, 5.41) is 3.12. The molecule has 7 nitrogen and oxygen atoms in total. The van der Waals surface area contributed by atoms with Crippen molar-refractivity contribution in [3.63, 3.8) is 0 Å². The Hall–Kier alpha value is -2.19. The molecule has 1 amide bonds. The highest BCUT2D eigenvalue weighted by molar-refractivity contribution is 5.96. The lowest BCUT2D eigenvalue weighted by Gasteiger charge is -2.34. The molecular weight excluding hydrogens is 463 g/mol. The van der Waals surface area contributed by atoms with Crippen molar-refractivity contribution in [2.75, 3.05) is 58.4 Å². The van der Waals surface area contributed by atoms with Crippen LogP contribution in [0.25, 0.3) is 0 Å². The summed E-state index contributed by atoms with van der Waals surface area (Å²) >= 11 is 0. The predicted octanol–water partition coefficient (Wildman–Crippen LogP) is 3.43. The van der Waals surface area contributed by atoms with Crippen LogP contribution in [0, 0.1) is 6.92 Å². The van der Waals surface area contributed by atoms with Gasteiger partial charge in [-0.25, -0.2) is 0 Å². The van der Waals surface area contributed by atoms with E-state index in [0.717, 1.165) is 43.0 Å². The van der Waals surface area contributed by atoms with Gasteiger partial charge in [-0.3, -0.25) is 4.79 Å². The molecule has 1 heterocycles. The lowest BCUT2D eigenvalue weighted by atomic mass is 10.0. The van der Waals surface area contributed by atoms with Crippen LogP contribution in [0.5, 0.6) is 11.5 Å². The number of hydrogen-bond donors (Lipinski definition) is 2. The fourth-order valence-electron chi connectivity index (χ4n) is 3.72. The molecule has 0 bridgehead atoms. The van der Waals surface area contributed by atoms with Crippen LogP contribution < -0.4 is 25.4 Å². The summed E-state index contributed by atoms with van der Waals surface area (Å²) in [4.78, 5) is 17.8. The van der Waals surface area contributed by atoms with Crippen molar-refractivity contribution >= 4 is 36.4 Å². The number of benzene rings is 2. The van der Waals surface area contributed by atoms with E-state index in [-0.39, 0.29) is 36.8 Å². The van der Waals surface area contributed by atoms with Crippen molar-refractivity contribution in [2.45, 2.75) is 19.9 Å². The smallest absolute Gasteiger partial charge is 0.252 e. The van der Waals surface area contributed by atoms with E-state index in [1.165, 1.54) is 0 Å². The van der Waals surface area contributed by atoms with Gasteiger partial charge in [0.05, 0.1) is 13.2 Å². The van der Waals surface area contributed by atoms with Crippen molar-refractivity contribution in [1.29, 1.82) is 0 Å². The number of carbonyl (C=O) groups is 1. The number of nitrogens with one attached hydrogen (secondary N) is 1. The minimum Gasteiger partial charge on any atom is -0.493 e. The maximum absolute atomic E-state index is 13.1. The summed E-state index contributed by atoms with van der Waals surface area (Å²) < 4.78 is 11.1. The standard InChI is InChI=1S/C24H34N4O3.2ClH/c1-17-5-7-20(28-12-10-27(3)11-13-28)16-21(17)24(29)26-18(2)19-6-8-22(30-4)23(15-19)31-14-9-25;;/h5-8,15-16,18H,9-14,25H2,1-4H3,(H,26,29);2*1H/t18-;;/m1../s1. The number of aryl methyl sites for hydroxylation is 1. The minimum atomic E-state index is -0.190. The minimum absolute atomic E-state index is 0. The van der Waals surface area contributed by atoms with Crippen LogP contribution in [0.1, 0.15) is 34.5 Å². The third kappa shape index (κ3) is 7.40. The highest BCUT2D eigenvalue weighted by Crippen LogP contribution is 2.30. The first-order chi connectivity index (χ1) is 14.9. The Balaban J connectivity index is 0.00000272. The summed E-state index contributed by atoms with van der Waals surface area (Å²) in [5.41, 5.74) is 9.26. The second-order valence-electron chi connectivity index (χ2n) is 8.03. The van der Waals surface area contributed by atoms with Crippen molar-refractivity contribution < 1.29 is 14.3 Å². The number of halogens is 2. The molecule has 0 saturated carbocycles. The zero-order valence-electron chi connectivity index (χ0n) is 19.8. The second kappa shape index (κ2) is 13.5. The van der Waals surface area contributed by atoms with E-state index in [4.69, 9.17) is 15.2 Å². The van der Waals surface area contributed by atoms with Crippen LogP contribution in [0.15, 0.2) is 36.4 Å². The van der Waals surface area contributed by atoms with Gasteiger partial charge in [0.15, 0.2) is 11.5 Å². The zero-order chi connectivity index (χ0) is 22.4. The van der Waals surface area contributed by atoms with E-state index in [0.29, 0.717) is 30.2 Å². The Morgan fingerprint density at radius 3 is 2.42 bits per heavy atom. The van der Waals surface area contributed by atoms with Crippen molar-refractivity contribution in [1.82, 2.24) is 10.2 Å². The molecule has 0 aromatic heterocycles. The molecule has 1 fully saturated rings. The number of methoxy groups -OCH3 is 1. The molecular formula is C24H36Cl2N4O3. The number of ether oxygens (including phenoxy) is 2. The molecule has 0 unspecified atom stereocenters. The van der Waals surface area contributed by atoms with Gasteiger partial charge in [-0.1, -0.05) is 12.1 Å².